The van der Waals surface area contributed by atoms with Crippen molar-refractivity contribution in [3.05, 3.63) is 46.6 Å². The van der Waals surface area contributed by atoms with Crippen LogP contribution in [0.1, 0.15) is 0 Å². The lowest BCUT2D eigenvalue weighted by Gasteiger charge is -2.30. The van der Waals surface area contributed by atoms with Crippen molar-refractivity contribution in [1.29, 1.82) is 0 Å². The zero-order valence-electron chi connectivity index (χ0n) is 11.9. The zero-order valence-corrected chi connectivity index (χ0v) is 12.7. The number of nitro benzene ring substituents is 1. The summed E-state index contributed by atoms with van der Waals surface area (Å²) in [6.45, 7) is 0. The predicted molar refractivity (Wildman–Crippen MR) is 84.5 cm³/mol. The second kappa shape index (κ2) is 5.68. The molecule has 1 atom stereocenters. The summed E-state index contributed by atoms with van der Waals surface area (Å²) in [4.78, 5) is 16.8. The Hall–Kier alpha value is -2.55. The fourth-order valence-electron chi connectivity index (χ4n) is 2.11. The van der Waals surface area contributed by atoms with Crippen LogP contribution in [0.3, 0.4) is 0 Å². The van der Waals surface area contributed by atoms with Crippen molar-refractivity contribution < 1.29 is 9.66 Å². The molecule has 0 radical (unpaired) electrons. The fraction of sp³-hybridized carbons (Fsp3) is 0.231. The minimum atomic E-state index is -0.465. The van der Waals surface area contributed by atoms with E-state index < -0.39 is 4.92 Å². The third kappa shape index (κ3) is 2.50. The molecule has 0 bridgehead atoms. The molecule has 0 saturated heterocycles. The van der Waals surface area contributed by atoms with Gasteiger partial charge in [-0.15, -0.1) is 11.8 Å². The average molecular weight is 319 g/mol. The molecule has 9 heteroatoms. The van der Waals surface area contributed by atoms with E-state index in [1.807, 2.05) is 24.3 Å². The van der Waals surface area contributed by atoms with Crippen LogP contribution in [-0.2, 0) is 0 Å². The largest absolute Gasteiger partial charge is 0.424 e. The van der Waals surface area contributed by atoms with Gasteiger partial charge in [-0.05, 0) is 12.3 Å². The molecule has 114 valence electrons. The minimum Gasteiger partial charge on any atom is -0.424 e. The summed E-state index contributed by atoms with van der Waals surface area (Å²) < 4.78 is 7.28. The van der Waals surface area contributed by atoms with Gasteiger partial charge >= 0.3 is 6.02 Å². The van der Waals surface area contributed by atoms with Gasteiger partial charge in [-0.3, -0.25) is 10.1 Å². The van der Waals surface area contributed by atoms with Gasteiger partial charge in [0.25, 0.3) is 5.69 Å². The first-order valence-corrected chi connectivity index (χ1v) is 7.69. The lowest BCUT2D eigenvalue weighted by Crippen LogP contribution is -2.39. The molecule has 0 amide bonds. The summed E-state index contributed by atoms with van der Waals surface area (Å²) in [7, 11) is 1.92. The molecule has 1 unspecified atom stereocenters. The first-order valence-electron chi connectivity index (χ1n) is 6.40. The number of aliphatic imine (C=N–C) groups is 1. The summed E-state index contributed by atoms with van der Waals surface area (Å²) >= 11 is 1.55. The van der Waals surface area contributed by atoms with Crippen LogP contribution < -0.4 is 9.64 Å². The maximum Gasteiger partial charge on any atom is 0.323 e. The molecule has 0 aliphatic carbocycles. The monoisotopic (exact) mass is 319 g/mol. The molecule has 0 fully saturated rings. The van der Waals surface area contributed by atoms with E-state index in [9.17, 15) is 10.1 Å². The first-order chi connectivity index (χ1) is 10.6. The number of benzene rings is 1. The molecule has 1 aromatic carbocycles. The number of nitro groups is 1. The molecule has 2 aromatic rings. The fourth-order valence-corrected chi connectivity index (χ4v) is 2.73. The van der Waals surface area contributed by atoms with Gasteiger partial charge in [0, 0.05) is 19.2 Å². The third-order valence-electron chi connectivity index (χ3n) is 3.17. The number of rotatable bonds is 3. The molecule has 0 spiro atoms. The second-order valence-corrected chi connectivity index (χ2v) is 5.44. The molecule has 0 saturated carbocycles. The van der Waals surface area contributed by atoms with E-state index in [2.05, 4.69) is 10.1 Å². The SMILES string of the molecule is CSC1N=C(Oc2cccc([N+](=O)[O-])c2)n2nccc2N1C. The lowest BCUT2D eigenvalue weighted by atomic mass is 10.3. The number of thioether (sulfide) groups is 1. The van der Waals surface area contributed by atoms with Gasteiger partial charge in [0.15, 0.2) is 5.50 Å². The summed E-state index contributed by atoms with van der Waals surface area (Å²) in [6.07, 6.45) is 3.60. The molecule has 8 nitrogen and oxygen atoms in total. The molecule has 3 rings (SSSR count). The Morgan fingerprint density at radius 1 is 1.41 bits per heavy atom. The van der Waals surface area contributed by atoms with Crippen LogP contribution >= 0.6 is 11.8 Å². The Bertz CT molecular complexity index is 745. The van der Waals surface area contributed by atoms with E-state index in [0.717, 1.165) is 5.82 Å². The van der Waals surface area contributed by atoms with Gasteiger partial charge in [-0.25, -0.2) is 0 Å². The van der Waals surface area contributed by atoms with Crippen molar-refractivity contribution in [3.8, 4) is 5.75 Å². The van der Waals surface area contributed by atoms with Crippen molar-refractivity contribution in [2.24, 2.45) is 4.99 Å². The number of hydrogen-bond acceptors (Lipinski definition) is 7. The minimum absolute atomic E-state index is 0.0341. The van der Waals surface area contributed by atoms with E-state index in [1.54, 1.807) is 34.8 Å². The standard InChI is InChI=1S/C13H13N5O3S/c1-16-11-6-7-14-17(11)12(15-13(16)22-2)21-10-5-3-4-9(8-10)18(19)20/h3-8,13H,1-2H3. The van der Waals surface area contributed by atoms with Crippen LogP contribution in [0, 0.1) is 10.1 Å². The van der Waals surface area contributed by atoms with E-state index >= 15 is 0 Å². The number of anilines is 1. The Morgan fingerprint density at radius 3 is 2.95 bits per heavy atom. The Kier molecular flexibility index (Phi) is 3.72. The number of aromatic nitrogens is 2. The quantitative estimate of drug-likeness (QED) is 0.636. The highest BCUT2D eigenvalue weighted by molar-refractivity contribution is 7.99. The summed E-state index contributed by atoms with van der Waals surface area (Å²) in [5, 5.41) is 15.0. The van der Waals surface area contributed by atoms with Gasteiger partial charge in [0.05, 0.1) is 17.2 Å². The van der Waals surface area contributed by atoms with Crippen molar-refractivity contribution in [1.82, 2.24) is 9.78 Å². The molecule has 1 aliphatic heterocycles. The Morgan fingerprint density at radius 2 is 2.23 bits per heavy atom. The van der Waals surface area contributed by atoms with E-state index in [1.165, 1.54) is 12.1 Å². The summed E-state index contributed by atoms with van der Waals surface area (Å²) in [6, 6.07) is 8.13. The number of ether oxygens (including phenoxy) is 1. The average Bonchev–Trinajstić information content (AvgIpc) is 3.00. The molecule has 0 N–H and O–H groups in total. The van der Waals surface area contributed by atoms with Gasteiger partial charge in [0.1, 0.15) is 11.6 Å². The first kappa shape index (κ1) is 14.4. The lowest BCUT2D eigenvalue weighted by molar-refractivity contribution is -0.384. The van der Waals surface area contributed by atoms with Gasteiger partial charge in [-0.2, -0.15) is 14.8 Å². The van der Waals surface area contributed by atoms with E-state index in [4.69, 9.17) is 4.74 Å². The zero-order chi connectivity index (χ0) is 15.7. The second-order valence-electron chi connectivity index (χ2n) is 4.54. The molecular formula is C13H13N5O3S. The summed E-state index contributed by atoms with van der Waals surface area (Å²) in [5.41, 5.74) is -0.175. The normalized spacial score (nSPS) is 16.9. The predicted octanol–water partition coefficient (Wildman–Crippen LogP) is 2.17. The Balaban J connectivity index is 1.94. The van der Waals surface area contributed by atoms with Crippen LogP contribution in [0.2, 0.25) is 0 Å². The highest BCUT2D eigenvalue weighted by atomic mass is 32.2. The van der Waals surface area contributed by atoms with Crippen LogP contribution in [0.25, 0.3) is 0 Å². The smallest absolute Gasteiger partial charge is 0.323 e. The van der Waals surface area contributed by atoms with Gasteiger partial charge in [0.2, 0.25) is 0 Å². The number of nitrogens with zero attached hydrogens (tertiary/aromatic N) is 5. The van der Waals surface area contributed by atoms with Crippen LogP contribution in [0.5, 0.6) is 5.75 Å². The van der Waals surface area contributed by atoms with E-state index in [0.29, 0.717) is 5.75 Å². The molecule has 2 heterocycles. The maximum absolute atomic E-state index is 10.8. The number of fused-ring (bicyclic) bond motifs is 1. The van der Waals surface area contributed by atoms with Crippen molar-refractivity contribution >= 4 is 29.3 Å². The highest BCUT2D eigenvalue weighted by Gasteiger charge is 2.26. The maximum atomic E-state index is 10.8. The topological polar surface area (TPSA) is 85.8 Å². The Labute approximate surface area is 130 Å². The van der Waals surface area contributed by atoms with Crippen molar-refractivity contribution in [2.75, 3.05) is 18.2 Å². The van der Waals surface area contributed by atoms with E-state index in [-0.39, 0.29) is 17.2 Å². The highest BCUT2D eigenvalue weighted by Crippen LogP contribution is 2.27. The molecule has 1 aliphatic rings. The van der Waals surface area contributed by atoms with Crippen molar-refractivity contribution in [3.63, 3.8) is 0 Å². The molecule has 22 heavy (non-hydrogen) atoms. The van der Waals surface area contributed by atoms with Crippen LogP contribution in [0.15, 0.2) is 41.5 Å². The van der Waals surface area contributed by atoms with Crippen molar-refractivity contribution in [2.45, 2.75) is 5.50 Å². The molecule has 1 aromatic heterocycles. The molecular weight excluding hydrogens is 306 g/mol. The van der Waals surface area contributed by atoms with Crippen LogP contribution in [0.4, 0.5) is 11.5 Å². The van der Waals surface area contributed by atoms with Gasteiger partial charge in [-0.1, -0.05) is 6.07 Å². The summed E-state index contributed by atoms with van der Waals surface area (Å²) in [5.74, 6) is 1.19. The number of hydrogen-bond donors (Lipinski definition) is 0. The van der Waals surface area contributed by atoms with Crippen LogP contribution in [-0.4, -0.2) is 39.5 Å². The van der Waals surface area contributed by atoms with Gasteiger partial charge < -0.3 is 9.64 Å². The third-order valence-corrected chi connectivity index (χ3v) is 4.01. The number of non-ortho nitro benzene ring substituents is 1.